The first kappa shape index (κ1) is 14.5. The molecule has 0 atom stereocenters. The maximum atomic E-state index is 5.82. The number of nitrogens with zero attached hydrogens (tertiary/aromatic N) is 4. The van der Waals surface area contributed by atoms with Crippen LogP contribution in [-0.2, 0) is 6.42 Å². The average molecular weight is 314 g/mol. The molecule has 0 spiro atoms. The molecular weight excluding hydrogens is 301 g/mol. The van der Waals surface area contributed by atoms with E-state index in [1.54, 1.807) is 0 Å². The fourth-order valence-corrected chi connectivity index (χ4v) is 1.87. The first-order valence-electron chi connectivity index (χ1n) is 5.84. The number of halogens is 2. The van der Waals surface area contributed by atoms with E-state index in [1.807, 2.05) is 0 Å². The smallest absolute Gasteiger partial charge is 0.157 e. The highest BCUT2D eigenvalue weighted by molar-refractivity contribution is 6.32. The Balaban J connectivity index is 1.88. The minimum absolute atomic E-state index is 0.231. The van der Waals surface area contributed by atoms with E-state index >= 15 is 0 Å². The fourth-order valence-electron chi connectivity index (χ4n) is 1.58. The Labute approximate surface area is 125 Å². The van der Waals surface area contributed by atoms with Crippen LogP contribution < -0.4 is 16.8 Å². The zero-order valence-electron chi connectivity index (χ0n) is 10.5. The zero-order chi connectivity index (χ0) is 14.5. The average Bonchev–Trinajstić information content (AvgIpc) is 2.43. The second-order valence-electron chi connectivity index (χ2n) is 3.98. The monoisotopic (exact) mass is 313 g/mol. The lowest BCUT2D eigenvalue weighted by molar-refractivity contribution is 0.829. The van der Waals surface area contributed by atoms with Gasteiger partial charge in [-0.15, -0.1) is 0 Å². The molecule has 0 fully saturated rings. The van der Waals surface area contributed by atoms with Gasteiger partial charge in [-0.1, -0.05) is 23.2 Å². The Hall–Kier alpha value is -1.86. The molecule has 0 saturated heterocycles. The van der Waals surface area contributed by atoms with Crippen LogP contribution in [0.4, 0.5) is 17.2 Å². The Morgan fingerprint density at radius 3 is 2.35 bits per heavy atom. The SMILES string of the molecule is Nc1c(Cl)ncnc1CCCNc1ncnc(Cl)c1N. The van der Waals surface area contributed by atoms with Crippen LogP contribution in [0, 0.1) is 0 Å². The summed E-state index contributed by atoms with van der Waals surface area (Å²) < 4.78 is 0. The zero-order valence-corrected chi connectivity index (χ0v) is 12.0. The normalized spacial score (nSPS) is 10.5. The van der Waals surface area contributed by atoms with Crippen molar-refractivity contribution in [2.75, 3.05) is 23.3 Å². The maximum Gasteiger partial charge on any atom is 0.157 e. The molecule has 0 aliphatic heterocycles. The number of rotatable bonds is 5. The molecule has 0 aromatic carbocycles. The third kappa shape index (κ3) is 3.37. The van der Waals surface area contributed by atoms with E-state index in [0.29, 0.717) is 30.2 Å². The van der Waals surface area contributed by atoms with Crippen LogP contribution in [0.25, 0.3) is 0 Å². The lowest BCUT2D eigenvalue weighted by atomic mass is 10.2. The van der Waals surface area contributed by atoms with E-state index in [0.717, 1.165) is 12.1 Å². The first-order valence-corrected chi connectivity index (χ1v) is 6.60. The van der Waals surface area contributed by atoms with Gasteiger partial charge in [-0.3, -0.25) is 0 Å². The van der Waals surface area contributed by atoms with E-state index < -0.39 is 0 Å². The number of hydrogen-bond acceptors (Lipinski definition) is 7. The maximum absolute atomic E-state index is 5.82. The number of nitrogens with two attached hydrogens (primary N) is 2. The third-order valence-electron chi connectivity index (χ3n) is 2.64. The topological polar surface area (TPSA) is 116 Å². The molecule has 0 aliphatic carbocycles. The number of aryl methyl sites for hydroxylation is 1. The summed E-state index contributed by atoms with van der Waals surface area (Å²) in [5, 5.41) is 3.58. The van der Waals surface area contributed by atoms with Crippen molar-refractivity contribution in [3.63, 3.8) is 0 Å². The van der Waals surface area contributed by atoms with E-state index in [4.69, 9.17) is 34.7 Å². The molecule has 2 aromatic heterocycles. The standard InChI is InChI=1S/C11H13Cl2N7/c12-9-7(14)6(17-4-18-9)2-1-3-16-11-8(15)10(13)19-5-20-11/h4-5H,1-3,14-15H2,(H,16,19,20). The van der Waals surface area contributed by atoms with Gasteiger partial charge < -0.3 is 16.8 Å². The van der Waals surface area contributed by atoms with Crippen LogP contribution in [0.5, 0.6) is 0 Å². The summed E-state index contributed by atoms with van der Waals surface area (Å²) in [6.07, 6.45) is 4.19. The molecular formula is C11H13Cl2N7. The van der Waals surface area contributed by atoms with Gasteiger partial charge in [0.25, 0.3) is 0 Å². The highest BCUT2D eigenvalue weighted by Gasteiger charge is 2.07. The molecule has 2 rings (SSSR count). The molecule has 7 nitrogen and oxygen atoms in total. The van der Waals surface area contributed by atoms with Crippen LogP contribution in [0.15, 0.2) is 12.7 Å². The van der Waals surface area contributed by atoms with Gasteiger partial charge in [0.05, 0.1) is 11.4 Å². The van der Waals surface area contributed by atoms with Gasteiger partial charge in [0.15, 0.2) is 16.1 Å². The summed E-state index contributed by atoms with van der Waals surface area (Å²) in [4.78, 5) is 15.7. The molecule has 0 amide bonds. The van der Waals surface area contributed by atoms with Gasteiger partial charge in [0.1, 0.15) is 18.3 Å². The molecule has 0 aliphatic rings. The van der Waals surface area contributed by atoms with Crippen molar-refractivity contribution in [1.29, 1.82) is 0 Å². The molecule has 2 aromatic rings. The summed E-state index contributed by atoms with van der Waals surface area (Å²) in [7, 11) is 0. The molecule has 2 heterocycles. The minimum atomic E-state index is 0.231. The van der Waals surface area contributed by atoms with Crippen LogP contribution in [0.3, 0.4) is 0 Å². The van der Waals surface area contributed by atoms with Crippen LogP contribution in [-0.4, -0.2) is 26.5 Å². The quantitative estimate of drug-likeness (QED) is 0.569. The first-order chi connectivity index (χ1) is 9.59. The van der Waals surface area contributed by atoms with E-state index in [-0.39, 0.29) is 10.3 Å². The van der Waals surface area contributed by atoms with Crippen molar-refractivity contribution in [2.24, 2.45) is 0 Å². The van der Waals surface area contributed by atoms with Crippen LogP contribution in [0.1, 0.15) is 12.1 Å². The van der Waals surface area contributed by atoms with Crippen LogP contribution in [0.2, 0.25) is 10.3 Å². The molecule has 0 saturated carbocycles. The van der Waals surface area contributed by atoms with Crippen molar-refractivity contribution in [3.05, 3.63) is 28.7 Å². The summed E-state index contributed by atoms with van der Waals surface area (Å²) >= 11 is 11.6. The molecule has 0 unspecified atom stereocenters. The van der Waals surface area contributed by atoms with Gasteiger partial charge >= 0.3 is 0 Å². The van der Waals surface area contributed by atoms with Gasteiger partial charge in [-0.05, 0) is 12.8 Å². The predicted octanol–water partition coefficient (Wildman–Crippen LogP) is 1.78. The van der Waals surface area contributed by atoms with E-state index in [9.17, 15) is 0 Å². The Bertz CT molecular complexity index is 552. The van der Waals surface area contributed by atoms with E-state index in [1.165, 1.54) is 12.7 Å². The van der Waals surface area contributed by atoms with Crippen LogP contribution >= 0.6 is 23.2 Å². The summed E-state index contributed by atoms with van der Waals surface area (Å²) in [6, 6.07) is 0. The van der Waals surface area contributed by atoms with Gasteiger partial charge in [-0.2, -0.15) is 0 Å². The number of nitrogens with one attached hydrogen (secondary N) is 1. The Kier molecular flexibility index (Phi) is 4.75. The number of hydrogen-bond donors (Lipinski definition) is 3. The second-order valence-corrected chi connectivity index (χ2v) is 4.70. The summed E-state index contributed by atoms with van der Waals surface area (Å²) in [5.41, 5.74) is 13.0. The number of nitrogen functional groups attached to an aromatic ring is 2. The largest absolute Gasteiger partial charge is 0.395 e. The van der Waals surface area contributed by atoms with Gasteiger partial charge in [0.2, 0.25) is 0 Å². The van der Waals surface area contributed by atoms with E-state index in [2.05, 4.69) is 25.3 Å². The lowest BCUT2D eigenvalue weighted by Crippen LogP contribution is -2.09. The molecule has 9 heteroatoms. The van der Waals surface area contributed by atoms with Gasteiger partial charge in [-0.25, -0.2) is 19.9 Å². The molecule has 20 heavy (non-hydrogen) atoms. The van der Waals surface area contributed by atoms with Crippen molar-refractivity contribution < 1.29 is 0 Å². The highest BCUT2D eigenvalue weighted by atomic mass is 35.5. The molecule has 0 radical (unpaired) electrons. The Morgan fingerprint density at radius 1 is 0.950 bits per heavy atom. The van der Waals surface area contributed by atoms with Crippen molar-refractivity contribution in [1.82, 2.24) is 19.9 Å². The fraction of sp³-hybridized carbons (Fsp3) is 0.273. The summed E-state index contributed by atoms with van der Waals surface area (Å²) in [6.45, 7) is 0.638. The minimum Gasteiger partial charge on any atom is -0.395 e. The third-order valence-corrected chi connectivity index (χ3v) is 3.24. The number of aromatic nitrogens is 4. The predicted molar refractivity (Wildman–Crippen MR) is 79.7 cm³/mol. The molecule has 0 bridgehead atoms. The second kappa shape index (κ2) is 6.53. The van der Waals surface area contributed by atoms with Crippen molar-refractivity contribution in [3.8, 4) is 0 Å². The summed E-state index contributed by atoms with van der Waals surface area (Å²) in [5.74, 6) is 0.513. The van der Waals surface area contributed by atoms with Crippen molar-refractivity contribution >= 4 is 40.4 Å². The molecule has 106 valence electrons. The molecule has 5 N–H and O–H groups in total. The highest BCUT2D eigenvalue weighted by Crippen LogP contribution is 2.22. The number of anilines is 3. The lowest BCUT2D eigenvalue weighted by Gasteiger charge is -2.09. The van der Waals surface area contributed by atoms with Crippen molar-refractivity contribution in [2.45, 2.75) is 12.8 Å². The van der Waals surface area contributed by atoms with Gasteiger partial charge in [0, 0.05) is 6.54 Å². The Morgan fingerprint density at radius 2 is 1.60 bits per heavy atom.